The molecule has 0 N–H and O–H groups in total. The lowest BCUT2D eigenvalue weighted by molar-refractivity contribution is 0.511. The normalized spacial score (nSPS) is 11.4. The third kappa shape index (κ3) is 11.5. The molecule has 0 amide bonds. The fraction of sp³-hybridized carbons (Fsp3) is 0.655. The molecule has 172 valence electrons. The summed E-state index contributed by atoms with van der Waals surface area (Å²) in [5, 5.41) is 0. The van der Waals surface area contributed by atoms with E-state index in [1.165, 1.54) is 101 Å². The summed E-state index contributed by atoms with van der Waals surface area (Å²) < 4.78 is 0. The first-order chi connectivity index (χ1) is 15.2. The zero-order valence-corrected chi connectivity index (χ0v) is 20.5. The van der Waals surface area contributed by atoms with Crippen molar-refractivity contribution in [3.05, 3.63) is 47.8 Å². The summed E-state index contributed by atoms with van der Waals surface area (Å²) >= 11 is 0. The molecule has 0 saturated carbocycles. The van der Waals surface area contributed by atoms with Crippen LogP contribution in [-0.4, -0.2) is 9.97 Å². The fourth-order valence-electron chi connectivity index (χ4n) is 4.15. The van der Waals surface area contributed by atoms with Crippen LogP contribution in [0.3, 0.4) is 0 Å². The van der Waals surface area contributed by atoms with Gasteiger partial charge in [-0.25, -0.2) is 9.97 Å². The standard InChI is InChI=1S/C29H46N2/c1-4-5-6-7-11-15-18-27-23-30-29(31-24-27)28-21-19-26(20-22-28)17-14-12-9-8-10-13-16-25(2)3/h19-25H,4-18H2,1-3H3. The minimum absolute atomic E-state index is 0.847. The van der Waals surface area contributed by atoms with Crippen LogP contribution in [0.25, 0.3) is 11.4 Å². The average Bonchev–Trinajstić information content (AvgIpc) is 2.78. The van der Waals surface area contributed by atoms with Gasteiger partial charge in [0, 0.05) is 18.0 Å². The molecule has 0 radical (unpaired) electrons. The van der Waals surface area contributed by atoms with Gasteiger partial charge in [0.2, 0.25) is 0 Å². The number of hydrogen-bond acceptors (Lipinski definition) is 2. The van der Waals surface area contributed by atoms with Gasteiger partial charge in [-0.15, -0.1) is 0 Å². The summed E-state index contributed by atoms with van der Waals surface area (Å²) in [7, 11) is 0. The molecule has 1 aromatic heterocycles. The van der Waals surface area contributed by atoms with Crippen LogP contribution in [0.4, 0.5) is 0 Å². The SMILES string of the molecule is CCCCCCCCc1cnc(-c2ccc(CCCCCCCCC(C)C)cc2)nc1. The van der Waals surface area contributed by atoms with Gasteiger partial charge in [-0.2, -0.15) is 0 Å². The Hall–Kier alpha value is -1.70. The van der Waals surface area contributed by atoms with Crippen LogP contribution in [0.5, 0.6) is 0 Å². The zero-order chi connectivity index (χ0) is 22.2. The van der Waals surface area contributed by atoms with Gasteiger partial charge in [-0.1, -0.05) is 116 Å². The number of aryl methyl sites for hydroxylation is 2. The molecule has 1 heterocycles. The van der Waals surface area contributed by atoms with Gasteiger partial charge in [-0.05, 0) is 42.7 Å². The molecule has 2 aromatic rings. The number of unbranched alkanes of at least 4 members (excludes halogenated alkanes) is 10. The smallest absolute Gasteiger partial charge is 0.159 e. The molecule has 1 aromatic carbocycles. The van der Waals surface area contributed by atoms with Gasteiger partial charge >= 0.3 is 0 Å². The van der Waals surface area contributed by atoms with Gasteiger partial charge in [0.25, 0.3) is 0 Å². The van der Waals surface area contributed by atoms with E-state index in [-0.39, 0.29) is 0 Å². The van der Waals surface area contributed by atoms with Crippen molar-refractivity contribution in [2.75, 3.05) is 0 Å². The Kier molecular flexibility index (Phi) is 13.2. The summed E-state index contributed by atoms with van der Waals surface area (Å²) in [6, 6.07) is 8.88. The van der Waals surface area contributed by atoms with Crippen LogP contribution in [0.1, 0.15) is 115 Å². The maximum absolute atomic E-state index is 4.62. The first-order valence-corrected chi connectivity index (χ1v) is 13.1. The molecule has 2 rings (SSSR count). The summed E-state index contributed by atoms with van der Waals surface area (Å²) in [6.07, 6.45) is 23.9. The van der Waals surface area contributed by atoms with E-state index in [1.54, 1.807) is 0 Å². The van der Waals surface area contributed by atoms with Crippen molar-refractivity contribution in [2.45, 2.75) is 117 Å². The van der Waals surface area contributed by atoms with Crippen molar-refractivity contribution in [2.24, 2.45) is 5.92 Å². The van der Waals surface area contributed by atoms with E-state index in [0.717, 1.165) is 23.7 Å². The molecule has 0 atom stereocenters. The van der Waals surface area contributed by atoms with Crippen LogP contribution in [0, 0.1) is 5.92 Å². The number of hydrogen-bond donors (Lipinski definition) is 0. The van der Waals surface area contributed by atoms with Crippen LogP contribution in [-0.2, 0) is 12.8 Å². The molecule has 0 saturated heterocycles. The molecule has 31 heavy (non-hydrogen) atoms. The quantitative estimate of drug-likeness (QED) is 0.238. The van der Waals surface area contributed by atoms with E-state index >= 15 is 0 Å². The highest BCUT2D eigenvalue weighted by molar-refractivity contribution is 5.55. The Morgan fingerprint density at radius 1 is 0.613 bits per heavy atom. The lowest BCUT2D eigenvalue weighted by atomic mass is 10.0. The van der Waals surface area contributed by atoms with Crippen molar-refractivity contribution in [3.63, 3.8) is 0 Å². The third-order valence-corrected chi connectivity index (χ3v) is 6.23. The molecular formula is C29H46N2. The average molecular weight is 423 g/mol. The van der Waals surface area contributed by atoms with E-state index in [9.17, 15) is 0 Å². The summed E-state index contributed by atoms with van der Waals surface area (Å²) in [5.41, 5.74) is 3.82. The summed E-state index contributed by atoms with van der Waals surface area (Å²) in [6.45, 7) is 6.91. The van der Waals surface area contributed by atoms with Crippen LogP contribution >= 0.6 is 0 Å². The van der Waals surface area contributed by atoms with Gasteiger partial charge in [-0.3, -0.25) is 0 Å². The topological polar surface area (TPSA) is 25.8 Å². The number of benzene rings is 1. The number of aromatic nitrogens is 2. The molecule has 0 aliphatic carbocycles. The van der Waals surface area contributed by atoms with E-state index in [2.05, 4.69) is 55.0 Å². The first-order valence-electron chi connectivity index (χ1n) is 13.1. The van der Waals surface area contributed by atoms with Crippen LogP contribution in [0.15, 0.2) is 36.7 Å². The molecule has 0 aliphatic rings. The second-order valence-corrected chi connectivity index (χ2v) is 9.68. The largest absolute Gasteiger partial charge is 0.236 e. The summed E-state index contributed by atoms with van der Waals surface area (Å²) in [5.74, 6) is 1.70. The van der Waals surface area contributed by atoms with E-state index in [0.29, 0.717) is 0 Å². The Morgan fingerprint density at radius 2 is 1.13 bits per heavy atom. The monoisotopic (exact) mass is 422 g/mol. The maximum atomic E-state index is 4.62. The zero-order valence-electron chi connectivity index (χ0n) is 20.5. The molecule has 0 unspecified atom stereocenters. The molecule has 2 heteroatoms. The predicted molar refractivity (Wildman–Crippen MR) is 135 cm³/mol. The molecular weight excluding hydrogens is 376 g/mol. The van der Waals surface area contributed by atoms with Crippen molar-refractivity contribution in [1.29, 1.82) is 0 Å². The fourth-order valence-corrected chi connectivity index (χ4v) is 4.15. The highest BCUT2D eigenvalue weighted by atomic mass is 14.9. The van der Waals surface area contributed by atoms with Crippen LogP contribution in [0.2, 0.25) is 0 Å². The Bertz CT molecular complexity index is 673. The minimum Gasteiger partial charge on any atom is -0.236 e. The second kappa shape index (κ2) is 16.0. The van der Waals surface area contributed by atoms with E-state index in [4.69, 9.17) is 0 Å². The predicted octanol–water partition coefficient (Wildman–Crippen LogP) is 8.98. The van der Waals surface area contributed by atoms with Crippen molar-refractivity contribution < 1.29 is 0 Å². The van der Waals surface area contributed by atoms with Gasteiger partial charge in [0.1, 0.15) is 0 Å². The summed E-state index contributed by atoms with van der Waals surface area (Å²) in [4.78, 5) is 9.24. The van der Waals surface area contributed by atoms with Crippen LogP contribution < -0.4 is 0 Å². The number of rotatable bonds is 17. The minimum atomic E-state index is 0.847. The third-order valence-electron chi connectivity index (χ3n) is 6.23. The Labute approximate surface area is 192 Å². The van der Waals surface area contributed by atoms with Crippen molar-refractivity contribution >= 4 is 0 Å². The van der Waals surface area contributed by atoms with Gasteiger partial charge in [0.05, 0.1) is 0 Å². The highest BCUT2D eigenvalue weighted by Crippen LogP contribution is 2.18. The van der Waals surface area contributed by atoms with Crippen molar-refractivity contribution in [1.82, 2.24) is 9.97 Å². The lowest BCUT2D eigenvalue weighted by Gasteiger charge is -2.06. The first kappa shape index (κ1) is 25.6. The second-order valence-electron chi connectivity index (χ2n) is 9.68. The Morgan fingerprint density at radius 3 is 1.71 bits per heavy atom. The van der Waals surface area contributed by atoms with E-state index in [1.807, 2.05) is 12.4 Å². The van der Waals surface area contributed by atoms with Gasteiger partial charge < -0.3 is 0 Å². The highest BCUT2D eigenvalue weighted by Gasteiger charge is 2.03. The number of nitrogens with zero attached hydrogens (tertiary/aromatic N) is 2. The van der Waals surface area contributed by atoms with Crippen molar-refractivity contribution in [3.8, 4) is 11.4 Å². The molecule has 0 spiro atoms. The molecule has 2 nitrogen and oxygen atoms in total. The van der Waals surface area contributed by atoms with Gasteiger partial charge in [0.15, 0.2) is 5.82 Å². The van der Waals surface area contributed by atoms with E-state index < -0.39 is 0 Å². The molecule has 0 fully saturated rings. The lowest BCUT2D eigenvalue weighted by Crippen LogP contribution is -1.94. The Balaban J connectivity index is 1.63. The molecule has 0 bridgehead atoms. The molecule has 0 aliphatic heterocycles. The maximum Gasteiger partial charge on any atom is 0.159 e.